The molecule has 0 rings (SSSR count). The minimum absolute atomic E-state index is 0. The van der Waals surface area contributed by atoms with Crippen molar-refractivity contribution in [3.05, 3.63) is 12.2 Å². The molecule has 3 nitrogen and oxygen atoms in total. The van der Waals surface area contributed by atoms with Gasteiger partial charge in [-0.2, -0.15) is 0 Å². The number of hydrogen-bond acceptors (Lipinski definition) is 1. The zero-order chi connectivity index (χ0) is 9.07. The molecule has 0 fully saturated rings. The van der Waals surface area contributed by atoms with Gasteiger partial charge in [-0.25, -0.2) is 0 Å². The second-order valence-corrected chi connectivity index (χ2v) is 3.73. The lowest BCUT2D eigenvalue weighted by Gasteiger charge is -2.23. The summed E-state index contributed by atoms with van der Waals surface area (Å²) in [6, 6.07) is 0. The zero-order valence-corrected chi connectivity index (χ0v) is 9.73. The molecule has 0 spiro atoms. The smallest absolute Gasteiger partial charge is 0.250 e. The van der Waals surface area contributed by atoms with Crippen LogP contribution in [0.5, 0.6) is 0 Å². The van der Waals surface area contributed by atoms with Crippen LogP contribution in [-0.2, 0) is 4.79 Å². The molecule has 1 amide bonds. The maximum atomic E-state index is 11.0. The van der Waals surface area contributed by atoms with E-state index < -0.39 is 0 Å². The van der Waals surface area contributed by atoms with Crippen molar-refractivity contribution in [2.24, 2.45) is 0 Å². The minimum Gasteiger partial charge on any atom is -1.00 e. The monoisotopic (exact) mass is 236 g/mol. The Kier molecular flexibility index (Phi) is 6.29. The number of amides is 1. The van der Waals surface area contributed by atoms with Gasteiger partial charge in [0.2, 0.25) is 0 Å². The SMILES string of the molecule is C=C(C)C(=O)NC[N+](C)(C)C.[Br-]. The summed E-state index contributed by atoms with van der Waals surface area (Å²) in [5, 5.41) is 2.76. The quantitative estimate of drug-likeness (QED) is 0.324. The first-order chi connectivity index (χ1) is 4.83. The van der Waals surface area contributed by atoms with Crippen molar-refractivity contribution in [2.75, 3.05) is 27.8 Å². The van der Waals surface area contributed by atoms with E-state index in [9.17, 15) is 4.79 Å². The lowest BCUT2D eigenvalue weighted by Crippen LogP contribution is -3.00. The van der Waals surface area contributed by atoms with Gasteiger partial charge in [-0.3, -0.25) is 4.79 Å². The summed E-state index contributed by atoms with van der Waals surface area (Å²) < 4.78 is 0.721. The fourth-order valence-electron chi connectivity index (χ4n) is 0.460. The van der Waals surface area contributed by atoms with E-state index in [1.54, 1.807) is 6.92 Å². The van der Waals surface area contributed by atoms with Gasteiger partial charge in [0, 0.05) is 5.57 Å². The summed E-state index contributed by atoms with van der Waals surface area (Å²) in [6.07, 6.45) is 0. The molecule has 0 saturated carbocycles. The lowest BCUT2D eigenvalue weighted by molar-refractivity contribution is -0.872. The number of carbonyl (C=O) groups excluding carboxylic acids is 1. The second kappa shape index (κ2) is 5.32. The van der Waals surface area contributed by atoms with Crippen LogP contribution < -0.4 is 22.3 Å². The number of nitrogens with zero attached hydrogens (tertiary/aromatic N) is 1. The predicted molar refractivity (Wildman–Crippen MR) is 45.9 cm³/mol. The van der Waals surface area contributed by atoms with E-state index >= 15 is 0 Å². The number of hydrogen-bond donors (Lipinski definition) is 1. The molecule has 0 unspecified atom stereocenters. The minimum atomic E-state index is -0.0712. The van der Waals surface area contributed by atoms with Crippen LogP contribution in [-0.4, -0.2) is 38.2 Å². The van der Waals surface area contributed by atoms with Gasteiger partial charge >= 0.3 is 0 Å². The highest BCUT2D eigenvalue weighted by molar-refractivity contribution is 5.91. The van der Waals surface area contributed by atoms with E-state index in [1.807, 2.05) is 21.1 Å². The van der Waals surface area contributed by atoms with Crippen molar-refractivity contribution >= 4 is 5.91 Å². The predicted octanol–water partition coefficient (Wildman–Crippen LogP) is -2.65. The van der Waals surface area contributed by atoms with Crippen molar-refractivity contribution in [1.82, 2.24) is 5.32 Å². The van der Waals surface area contributed by atoms with Crippen molar-refractivity contribution in [3.8, 4) is 0 Å². The van der Waals surface area contributed by atoms with E-state index in [2.05, 4.69) is 11.9 Å². The largest absolute Gasteiger partial charge is 1.00 e. The first-order valence-electron chi connectivity index (χ1n) is 3.57. The Morgan fingerprint density at radius 2 is 1.83 bits per heavy atom. The molecule has 0 aliphatic rings. The number of halogens is 1. The number of nitrogens with one attached hydrogen (secondary N) is 1. The molecule has 0 radical (unpaired) electrons. The number of carbonyl (C=O) groups is 1. The maximum Gasteiger partial charge on any atom is 0.250 e. The highest BCUT2D eigenvalue weighted by atomic mass is 79.9. The van der Waals surface area contributed by atoms with Gasteiger partial charge in [0.05, 0.1) is 21.1 Å². The van der Waals surface area contributed by atoms with Gasteiger partial charge in [0.1, 0.15) is 0 Å². The topological polar surface area (TPSA) is 29.1 Å². The average molecular weight is 237 g/mol. The Morgan fingerprint density at radius 1 is 1.42 bits per heavy atom. The van der Waals surface area contributed by atoms with Crippen molar-refractivity contribution in [2.45, 2.75) is 6.92 Å². The van der Waals surface area contributed by atoms with E-state index in [0.717, 1.165) is 4.48 Å². The molecule has 0 bridgehead atoms. The van der Waals surface area contributed by atoms with E-state index in [-0.39, 0.29) is 22.9 Å². The molecule has 1 N–H and O–H groups in total. The average Bonchev–Trinajstić information content (AvgIpc) is 1.80. The third-order valence-electron chi connectivity index (χ3n) is 1.10. The van der Waals surface area contributed by atoms with Gasteiger partial charge in [0.25, 0.3) is 5.91 Å². The van der Waals surface area contributed by atoms with E-state index in [1.165, 1.54) is 0 Å². The molecule has 0 aliphatic carbocycles. The summed E-state index contributed by atoms with van der Waals surface area (Å²) in [6.45, 7) is 5.87. The molecule has 0 aliphatic heterocycles. The van der Waals surface area contributed by atoms with Gasteiger partial charge in [0.15, 0.2) is 6.67 Å². The molecule has 0 heterocycles. The summed E-state index contributed by atoms with van der Waals surface area (Å²) in [5.41, 5.74) is 0.554. The second-order valence-electron chi connectivity index (χ2n) is 3.73. The first-order valence-corrected chi connectivity index (χ1v) is 3.57. The molecular weight excluding hydrogens is 220 g/mol. The molecular formula is C8H17BrN2O. The van der Waals surface area contributed by atoms with Gasteiger partial charge in [-0.05, 0) is 6.92 Å². The fraction of sp³-hybridized carbons (Fsp3) is 0.625. The van der Waals surface area contributed by atoms with Crippen LogP contribution in [0.2, 0.25) is 0 Å². The highest BCUT2D eigenvalue weighted by Crippen LogP contribution is 1.89. The summed E-state index contributed by atoms with van der Waals surface area (Å²) >= 11 is 0. The van der Waals surface area contributed by atoms with Gasteiger partial charge in [-0.1, -0.05) is 6.58 Å². The molecule has 72 valence electrons. The molecule has 0 aromatic carbocycles. The lowest BCUT2D eigenvalue weighted by atomic mass is 10.3. The van der Waals surface area contributed by atoms with Crippen LogP contribution in [0.1, 0.15) is 6.92 Å². The molecule has 0 aromatic heterocycles. The van der Waals surface area contributed by atoms with Crippen LogP contribution in [0.25, 0.3) is 0 Å². The third-order valence-corrected chi connectivity index (χ3v) is 1.10. The van der Waals surface area contributed by atoms with Crippen LogP contribution in [0.15, 0.2) is 12.2 Å². The van der Waals surface area contributed by atoms with Crippen LogP contribution >= 0.6 is 0 Å². The Morgan fingerprint density at radius 3 is 2.08 bits per heavy atom. The zero-order valence-electron chi connectivity index (χ0n) is 8.15. The van der Waals surface area contributed by atoms with Gasteiger partial charge < -0.3 is 26.8 Å². The molecule has 4 heteroatoms. The molecule has 12 heavy (non-hydrogen) atoms. The summed E-state index contributed by atoms with van der Waals surface area (Å²) in [4.78, 5) is 11.0. The van der Waals surface area contributed by atoms with Crippen LogP contribution in [0.3, 0.4) is 0 Å². The maximum absolute atomic E-state index is 11.0. The molecule has 0 aromatic rings. The number of rotatable bonds is 3. The normalized spacial score (nSPS) is 10.0. The Hall–Kier alpha value is -0.350. The van der Waals surface area contributed by atoms with Gasteiger partial charge in [-0.15, -0.1) is 0 Å². The third kappa shape index (κ3) is 7.75. The highest BCUT2D eigenvalue weighted by Gasteiger charge is 2.08. The molecule has 0 atom stereocenters. The van der Waals surface area contributed by atoms with Crippen molar-refractivity contribution in [3.63, 3.8) is 0 Å². The van der Waals surface area contributed by atoms with Crippen molar-refractivity contribution in [1.29, 1.82) is 0 Å². The standard InChI is InChI=1S/C8H16N2O.BrH/c1-7(2)8(11)9-6-10(3,4)5;/h1,6H2,2-5H3;1H. The summed E-state index contributed by atoms with van der Waals surface area (Å²) in [5.74, 6) is -0.0712. The molecule has 0 saturated heterocycles. The Balaban J connectivity index is 0. The Bertz CT molecular complexity index is 172. The van der Waals surface area contributed by atoms with Crippen LogP contribution in [0, 0.1) is 0 Å². The Labute approximate surface area is 84.8 Å². The van der Waals surface area contributed by atoms with Crippen LogP contribution in [0.4, 0.5) is 0 Å². The van der Waals surface area contributed by atoms with E-state index in [0.29, 0.717) is 12.2 Å². The number of quaternary nitrogens is 1. The first kappa shape index (κ1) is 14.2. The van der Waals surface area contributed by atoms with E-state index in [4.69, 9.17) is 0 Å². The van der Waals surface area contributed by atoms with Crippen molar-refractivity contribution < 1.29 is 26.3 Å². The summed E-state index contributed by atoms with van der Waals surface area (Å²) in [7, 11) is 6.04. The fourth-order valence-corrected chi connectivity index (χ4v) is 0.460.